The van der Waals surface area contributed by atoms with E-state index in [0.29, 0.717) is 0 Å². The van der Waals surface area contributed by atoms with Crippen molar-refractivity contribution in [2.24, 2.45) is 0 Å². The van der Waals surface area contributed by atoms with Crippen molar-refractivity contribution in [3.63, 3.8) is 0 Å². The molecule has 2 aliphatic rings. The number of fused-ring (bicyclic) bond motifs is 3. The van der Waals surface area contributed by atoms with Crippen molar-refractivity contribution >= 4 is 5.97 Å². The number of carbonyl (C=O) groups excluding carboxylic acids is 1. The average Bonchev–Trinajstić information content (AvgIpc) is 2.73. The van der Waals surface area contributed by atoms with Gasteiger partial charge in [0, 0.05) is 5.56 Å². The Kier molecular flexibility index (Phi) is 6.06. The van der Waals surface area contributed by atoms with Crippen LogP contribution in [0.3, 0.4) is 0 Å². The number of esters is 1. The van der Waals surface area contributed by atoms with Gasteiger partial charge in [0.25, 0.3) is 0 Å². The Hall–Kier alpha value is -3.09. The topological polar surface area (TPSA) is 171 Å². The van der Waals surface area contributed by atoms with Gasteiger partial charge in [-0.2, -0.15) is 10.5 Å². The van der Waals surface area contributed by atoms with E-state index < -0.39 is 49.7 Å². The highest BCUT2D eigenvalue weighted by molar-refractivity contribution is 5.95. The Labute approximate surface area is 165 Å². The molecule has 1 saturated heterocycles. The van der Waals surface area contributed by atoms with Crippen LogP contribution >= 0.6 is 0 Å². The number of hydrogen-bond acceptors (Lipinski definition) is 11. The van der Waals surface area contributed by atoms with Gasteiger partial charge in [-0.15, -0.1) is 0 Å². The van der Waals surface area contributed by atoms with E-state index in [2.05, 4.69) is 0 Å². The summed E-state index contributed by atoms with van der Waals surface area (Å²) >= 11 is 0. The first-order valence-electron chi connectivity index (χ1n) is 8.56. The first kappa shape index (κ1) is 20.6. The van der Waals surface area contributed by atoms with Crippen LogP contribution < -0.4 is 14.2 Å². The monoisotopic (exact) mass is 406 g/mol. The number of ether oxygens (including phenoxy) is 5. The summed E-state index contributed by atoms with van der Waals surface area (Å²) in [6.45, 7) is -1.35. The molecule has 3 N–H and O–H groups in total. The van der Waals surface area contributed by atoms with Crippen LogP contribution in [0.15, 0.2) is 6.07 Å². The second-order valence-electron chi connectivity index (χ2n) is 6.22. The lowest BCUT2D eigenvalue weighted by molar-refractivity contribution is -0.235. The summed E-state index contributed by atoms with van der Waals surface area (Å²) in [6, 6.07) is 4.86. The zero-order chi connectivity index (χ0) is 21.1. The molecule has 0 radical (unpaired) electrons. The first-order chi connectivity index (χ1) is 14.0. The molecule has 0 aliphatic carbocycles. The summed E-state index contributed by atoms with van der Waals surface area (Å²) in [4.78, 5) is 12.6. The van der Waals surface area contributed by atoms with Gasteiger partial charge >= 0.3 is 5.97 Å². The zero-order valence-corrected chi connectivity index (χ0v) is 15.3. The number of rotatable bonds is 6. The molecule has 0 unspecified atom stereocenters. The third kappa shape index (κ3) is 3.52. The molecule has 3 rings (SSSR count). The van der Waals surface area contributed by atoms with Crippen LogP contribution in [0, 0.1) is 22.7 Å². The van der Waals surface area contributed by atoms with Gasteiger partial charge in [-0.1, -0.05) is 0 Å². The lowest BCUT2D eigenvalue weighted by atomic mass is 9.86. The Morgan fingerprint density at radius 1 is 1.14 bits per heavy atom. The summed E-state index contributed by atoms with van der Waals surface area (Å²) < 4.78 is 27.0. The molecule has 1 aromatic rings. The smallest absolute Gasteiger partial charge is 0.339 e. The molecular formula is C18H18N2O9. The number of methoxy groups -OCH3 is 1. The fourth-order valence-corrected chi connectivity index (χ4v) is 3.38. The van der Waals surface area contributed by atoms with Crippen molar-refractivity contribution in [3.8, 4) is 29.4 Å². The number of nitrogens with zero attached hydrogens (tertiary/aromatic N) is 2. The zero-order valence-electron chi connectivity index (χ0n) is 15.3. The number of nitriles is 2. The van der Waals surface area contributed by atoms with Gasteiger partial charge < -0.3 is 39.0 Å². The van der Waals surface area contributed by atoms with E-state index >= 15 is 0 Å². The van der Waals surface area contributed by atoms with E-state index in [1.807, 2.05) is 0 Å². The number of hydrogen-bond donors (Lipinski definition) is 3. The maximum absolute atomic E-state index is 12.6. The maximum atomic E-state index is 12.6. The third-order valence-electron chi connectivity index (χ3n) is 4.63. The van der Waals surface area contributed by atoms with Gasteiger partial charge in [-0.25, -0.2) is 4.79 Å². The molecule has 5 atom stereocenters. The summed E-state index contributed by atoms with van der Waals surface area (Å²) in [7, 11) is 1.30. The second kappa shape index (κ2) is 8.51. The van der Waals surface area contributed by atoms with Crippen LogP contribution in [-0.2, 0) is 9.47 Å². The lowest BCUT2D eigenvalue weighted by Crippen LogP contribution is -2.58. The van der Waals surface area contributed by atoms with E-state index in [9.17, 15) is 20.1 Å². The van der Waals surface area contributed by atoms with Crippen molar-refractivity contribution in [1.29, 1.82) is 10.5 Å². The lowest BCUT2D eigenvalue weighted by Gasteiger charge is -2.44. The third-order valence-corrected chi connectivity index (χ3v) is 4.63. The Bertz CT molecular complexity index is 876. The molecule has 29 heavy (non-hydrogen) atoms. The summed E-state index contributed by atoms with van der Waals surface area (Å²) in [6.07, 6.45) is -6.58. The minimum atomic E-state index is -1.53. The van der Waals surface area contributed by atoms with Crippen LogP contribution in [0.4, 0.5) is 0 Å². The highest BCUT2D eigenvalue weighted by Gasteiger charge is 2.52. The molecule has 1 fully saturated rings. The molecule has 0 amide bonds. The van der Waals surface area contributed by atoms with Gasteiger partial charge in [0.1, 0.15) is 36.6 Å². The number of carbonyl (C=O) groups is 1. The average molecular weight is 406 g/mol. The minimum absolute atomic E-state index is 0.00578. The molecule has 11 heteroatoms. The summed E-state index contributed by atoms with van der Waals surface area (Å²) in [5, 5.41) is 47.6. The van der Waals surface area contributed by atoms with E-state index in [1.54, 1.807) is 12.1 Å². The van der Waals surface area contributed by atoms with Gasteiger partial charge in [0.2, 0.25) is 5.75 Å². The van der Waals surface area contributed by atoms with Crippen molar-refractivity contribution in [1.82, 2.24) is 0 Å². The van der Waals surface area contributed by atoms with Gasteiger partial charge in [0.15, 0.2) is 30.8 Å². The molecule has 0 aromatic heterocycles. The van der Waals surface area contributed by atoms with Gasteiger partial charge in [-0.05, 0) is 6.07 Å². The SMILES string of the molecule is COc1c(OCC#N)cc2c(c1OCC#N)[C@@H]1O[C@H](CO)[C@@H](O)[C@H](O)[C@H]1OC2=O. The fourth-order valence-electron chi connectivity index (χ4n) is 3.38. The van der Waals surface area contributed by atoms with Crippen molar-refractivity contribution in [2.75, 3.05) is 26.9 Å². The number of benzene rings is 1. The van der Waals surface area contributed by atoms with Crippen LogP contribution in [-0.4, -0.2) is 72.6 Å². The maximum Gasteiger partial charge on any atom is 0.339 e. The van der Waals surface area contributed by atoms with Crippen LogP contribution in [0.1, 0.15) is 22.0 Å². The predicted molar refractivity (Wildman–Crippen MR) is 91.1 cm³/mol. The highest BCUT2D eigenvalue weighted by atomic mass is 16.6. The van der Waals surface area contributed by atoms with Crippen LogP contribution in [0.2, 0.25) is 0 Å². The molecule has 1 aromatic carbocycles. The molecular weight excluding hydrogens is 388 g/mol. The largest absolute Gasteiger partial charge is 0.490 e. The van der Waals surface area contributed by atoms with Crippen molar-refractivity contribution < 1.29 is 43.8 Å². The molecule has 0 saturated carbocycles. The van der Waals surface area contributed by atoms with Crippen LogP contribution in [0.25, 0.3) is 0 Å². The molecule has 0 spiro atoms. The van der Waals surface area contributed by atoms with Crippen molar-refractivity contribution in [3.05, 3.63) is 17.2 Å². The number of aliphatic hydroxyl groups excluding tert-OH is 3. The highest BCUT2D eigenvalue weighted by Crippen LogP contribution is 2.50. The van der Waals surface area contributed by atoms with E-state index in [1.165, 1.54) is 13.2 Å². The number of aliphatic hydroxyl groups is 3. The Morgan fingerprint density at radius 3 is 2.45 bits per heavy atom. The summed E-state index contributed by atoms with van der Waals surface area (Å²) in [5.41, 5.74) is 0.0697. The predicted octanol–water partition coefficient (Wildman–Crippen LogP) is -0.807. The first-order valence-corrected chi connectivity index (χ1v) is 8.56. The Balaban J connectivity index is 2.20. The summed E-state index contributed by atoms with van der Waals surface area (Å²) in [5.74, 6) is -0.907. The van der Waals surface area contributed by atoms with Crippen LogP contribution in [0.5, 0.6) is 17.2 Å². The molecule has 2 heterocycles. The quantitative estimate of drug-likeness (QED) is 0.505. The normalized spacial score (nSPS) is 27.5. The van der Waals surface area contributed by atoms with Crippen molar-refractivity contribution in [2.45, 2.75) is 30.5 Å². The molecule has 154 valence electrons. The molecule has 11 nitrogen and oxygen atoms in total. The molecule has 0 bridgehead atoms. The standard InChI is InChI=1S/C18H18N2O9/c1-25-14-9(26-4-2-19)6-8-11(15(14)27-5-3-20)16-17(29-18(8)24)13(23)12(22)10(7-21)28-16/h6,10,12-13,16-17,21-23H,4-5,7H2,1H3/t10-,12-,13+,16+,17-/m1/s1. The molecule has 2 aliphatic heterocycles. The minimum Gasteiger partial charge on any atom is -0.490 e. The van der Waals surface area contributed by atoms with Gasteiger partial charge in [0.05, 0.1) is 19.3 Å². The Morgan fingerprint density at radius 2 is 1.83 bits per heavy atom. The fraction of sp³-hybridized carbons (Fsp3) is 0.500. The second-order valence-corrected chi connectivity index (χ2v) is 6.22. The van der Waals surface area contributed by atoms with Gasteiger partial charge in [-0.3, -0.25) is 0 Å². The van der Waals surface area contributed by atoms with E-state index in [0.717, 1.165) is 0 Å². The van der Waals surface area contributed by atoms with E-state index in [-0.39, 0.29) is 35.0 Å². The van der Waals surface area contributed by atoms with E-state index in [4.69, 9.17) is 34.2 Å².